The maximum absolute atomic E-state index is 11.1. The summed E-state index contributed by atoms with van der Waals surface area (Å²) in [4.78, 5) is 13.6. The van der Waals surface area contributed by atoms with Gasteiger partial charge in [0.15, 0.2) is 0 Å². The molecular weight excluding hydrogens is 182 g/mol. The summed E-state index contributed by atoms with van der Waals surface area (Å²) in [6.07, 6.45) is 0. The lowest BCUT2D eigenvalue weighted by Crippen LogP contribution is -2.24. The molecule has 0 aliphatic carbocycles. The zero-order valence-corrected chi connectivity index (χ0v) is 8.93. The van der Waals surface area contributed by atoms with Gasteiger partial charge in [0.05, 0.1) is 5.69 Å². The number of amides is 1. The number of thiol groups is 1. The lowest BCUT2D eigenvalue weighted by molar-refractivity contribution is -0.116. The third-order valence-electron chi connectivity index (χ3n) is 2.02. The molecular formula is C10H13NOS. The van der Waals surface area contributed by atoms with Crippen LogP contribution in [0.4, 0.5) is 5.69 Å². The number of benzene rings is 1. The van der Waals surface area contributed by atoms with Gasteiger partial charge in [-0.05, 0) is 18.6 Å². The summed E-state index contributed by atoms with van der Waals surface area (Å²) in [5.74, 6) is 0.0181. The number of carbonyl (C=O) groups is 1. The van der Waals surface area contributed by atoms with Crippen molar-refractivity contribution in [1.29, 1.82) is 0 Å². The summed E-state index contributed by atoms with van der Waals surface area (Å²) in [5, 5.41) is 0. The van der Waals surface area contributed by atoms with E-state index < -0.39 is 0 Å². The topological polar surface area (TPSA) is 20.3 Å². The highest BCUT2D eigenvalue weighted by Crippen LogP contribution is 2.26. The number of rotatable bonds is 1. The van der Waals surface area contributed by atoms with Crippen LogP contribution < -0.4 is 4.90 Å². The minimum Gasteiger partial charge on any atom is -0.314 e. The van der Waals surface area contributed by atoms with Gasteiger partial charge >= 0.3 is 0 Å². The maximum atomic E-state index is 11.1. The number of nitrogens with zero attached hydrogens (tertiary/aromatic N) is 1. The average Bonchev–Trinajstić information content (AvgIpc) is 2.03. The van der Waals surface area contributed by atoms with Crippen molar-refractivity contribution in [1.82, 2.24) is 0 Å². The minimum absolute atomic E-state index is 0.0181. The molecule has 1 rings (SSSR count). The Balaban J connectivity index is 3.20. The van der Waals surface area contributed by atoms with Gasteiger partial charge in [-0.1, -0.05) is 12.1 Å². The van der Waals surface area contributed by atoms with Crippen molar-refractivity contribution in [3.05, 3.63) is 23.8 Å². The molecule has 0 unspecified atom stereocenters. The molecule has 0 spiro atoms. The third-order valence-corrected chi connectivity index (χ3v) is 2.39. The molecule has 0 aliphatic rings. The molecule has 70 valence electrons. The predicted octanol–water partition coefficient (Wildman–Crippen LogP) is 2.27. The van der Waals surface area contributed by atoms with E-state index in [9.17, 15) is 4.79 Å². The van der Waals surface area contributed by atoms with Crippen molar-refractivity contribution in [2.75, 3.05) is 11.9 Å². The SMILES string of the molecule is CC(=O)N(C)c1c(C)cccc1S. The molecule has 0 saturated heterocycles. The van der Waals surface area contributed by atoms with Crippen molar-refractivity contribution in [3.63, 3.8) is 0 Å². The molecule has 3 heteroatoms. The molecule has 1 amide bonds. The average molecular weight is 195 g/mol. The van der Waals surface area contributed by atoms with Gasteiger partial charge in [-0.15, -0.1) is 12.6 Å². The van der Waals surface area contributed by atoms with Crippen LogP contribution in [-0.4, -0.2) is 13.0 Å². The second-order valence-electron chi connectivity index (χ2n) is 3.02. The Morgan fingerprint density at radius 2 is 2.08 bits per heavy atom. The molecule has 0 radical (unpaired) electrons. The summed E-state index contributed by atoms with van der Waals surface area (Å²) < 4.78 is 0. The molecule has 13 heavy (non-hydrogen) atoms. The molecule has 1 aromatic rings. The quantitative estimate of drug-likeness (QED) is 0.682. The van der Waals surface area contributed by atoms with Crippen LogP contribution in [0.25, 0.3) is 0 Å². The van der Waals surface area contributed by atoms with Crippen molar-refractivity contribution in [2.45, 2.75) is 18.7 Å². The van der Waals surface area contributed by atoms with Crippen LogP contribution in [0.15, 0.2) is 23.1 Å². The van der Waals surface area contributed by atoms with Crippen molar-refractivity contribution >= 4 is 24.2 Å². The largest absolute Gasteiger partial charge is 0.314 e. The van der Waals surface area contributed by atoms with Crippen LogP contribution in [-0.2, 0) is 4.79 Å². The van der Waals surface area contributed by atoms with Crippen molar-refractivity contribution < 1.29 is 4.79 Å². The van der Waals surface area contributed by atoms with E-state index in [1.807, 2.05) is 25.1 Å². The Morgan fingerprint density at radius 1 is 1.46 bits per heavy atom. The summed E-state index contributed by atoms with van der Waals surface area (Å²) in [5.41, 5.74) is 1.95. The van der Waals surface area contributed by atoms with Crippen LogP contribution in [0.1, 0.15) is 12.5 Å². The Labute approximate surface area is 84.0 Å². The number of hydrogen-bond donors (Lipinski definition) is 1. The van der Waals surface area contributed by atoms with Crippen LogP contribution in [0, 0.1) is 6.92 Å². The molecule has 0 heterocycles. The Kier molecular flexibility index (Phi) is 2.98. The van der Waals surface area contributed by atoms with E-state index in [0.717, 1.165) is 16.1 Å². The molecule has 0 aliphatic heterocycles. The zero-order chi connectivity index (χ0) is 10.0. The molecule has 0 saturated carbocycles. The summed E-state index contributed by atoms with van der Waals surface area (Å²) >= 11 is 4.31. The van der Waals surface area contributed by atoms with Crippen molar-refractivity contribution in [3.8, 4) is 0 Å². The first-order valence-electron chi connectivity index (χ1n) is 4.07. The smallest absolute Gasteiger partial charge is 0.223 e. The fourth-order valence-corrected chi connectivity index (χ4v) is 1.65. The Bertz CT molecular complexity index is 315. The van der Waals surface area contributed by atoms with Gasteiger partial charge in [-0.2, -0.15) is 0 Å². The maximum Gasteiger partial charge on any atom is 0.223 e. The second-order valence-corrected chi connectivity index (χ2v) is 3.50. The van der Waals surface area contributed by atoms with Gasteiger partial charge in [-0.3, -0.25) is 4.79 Å². The van der Waals surface area contributed by atoms with Gasteiger partial charge in [0.2, 0.25) is 5.91 Å². The molecule has 0 atom stereocenters. The van der Waals surface area contributed by atoms with Gasteiger partial charge in [-0.25, -0.2) is 0 Å². The fraction of sp³-hybridized carbons (Fsp3) is 0.300. The normalized spacial score (nSPS) is 9.85. The first-order valence-corrected chi connectivity index (χ1v) is 4.51. The van der Waals surface area contributed by atoms with E-state index in [-0.39, 0.29) is 5.91 Å². The highest BCUT2D eigenvalue weighted by atomic mass is 32.1. The standard InChI is InChI=1S/C10H13NOS/c1-7-5-4-6-9(13)10(7)11(3)8(2)12/h4-6,13H,1-3H3. The lowest BCUT2D eigenvalue weighted by Gasteiger charge is -2.19. The number of para-hydroxylation sites is 1. The van der Waals surface area contributed by atoms with Gasteiger partial charge in [0.1, 0.15) is 0 Å². The van der Waals surface area contributed by atoms with Crippen LogP contribution in [0.2, 0.25) is 0 Å². The van der Waals surface area contributed by atoms with E-state index in [0.29, 0.717) is 0 Å². The monoisotopic (exact) mass is 195 g/mol. The molecule has 0 fully saturated rings. The second kappa shape index (κ2) is 3.83. The highest BCUT2D eigenvalue weighted by Gasteiger charge is 2.10. The Morgan fingerprint density at radius 3 is 2.54 bits per heavy atom. The highest BCUT2D eigenvalue weighted by molar-refractivity contribution is 7.80. The number of anilines is 1. The van der Waals surface area contributed by atoms with Crippen LogP contribution >= 0.6 is 12.6 Å². The summed E-state index contributed by atoms with van der Waals surface area (Å²) in [6, 6.07) is 5.77. The van der Waals surface area contributed by atoms with Crippen LogP contribution in [0.5, 0.6) is 0 Å². The number of aryl methyl sites for hydroxylation is 1. The van der Waals surface area contributed by atoms with Gasteiger partial charge < -0.3 is 4.90 Å². The van der Waals surface area contributed by atoms with E-state index in [4.69, 9.17) is 0 Å². The van der Waals surface area contributed by atoms with E-state index in [1.165, 1.54) is 0 Å². The molecule has 2 nitrogen and oxygen atoms in total. The number of hydrogen-bond acceptors (Lipinski definition) is 2. The van der Waals surface area contributed by atoms with E-state index in [2.05, 4.69) is 12.6 Å². The van der Waals surface area contributed by atoms with Crippen molar-refractivity contribution in [2.24, 2.45) is 0 Å². The van der Waals surface area contributed by atoms with Gasteiger partial charge in [0, 0.05) is 18.9 Å². The zero-order valence-electron chi connectivity index (χ0n) is 8.03. The molecule has 0 bridgehead atoms. The Hall–Kier alpha value is -0.960. The minimum atomic E-state index is 0.0181. The number of carbonyl (C=O) groups excluding carboxylic acids is 1. The lowest BCUT2D eigenvalue weighted by atomic mass is 10.2. The molecule has 1 aromatic carbocycles. The van der Waals surface area contributed by atoms with Gasteiger partial charge in [0.25, 0.3) is 0 Å². The van der Waals surface area contributed by atoms with E-state index >= 15 is 0 Å². The third kappa shape index (κ3) is 2.04. The predicted molar refractivity (Wildman–Crippen MR) is 57.5 cm³/mol. The fourth-order valence-electron chi connectivity index (χ4n) is 1.24. The summed E-state index contributed by atoms with van der Waals surface area (Å²) in [7, 11) is 1.75. The summed E-state index contributed by atoms with van der Waals surface area (Å²) in [6.45, 7) is 3.51. The van der Waals surface area contributed by atoms with Crippen LogP contribution in [0.3, 0.4) is 0 Å². The molecule has 0 aromatic heterocycles. The first kappa shape index (κ1) is 10.1. The first-order chi connectivity index (χ1) is 6.04. The molecule has 0 N–H and O–H groups in total. The van der Waals surface area contributed by atoms with E-state index in [1.54, 1.807) is 18.9 Å².